The second kappa shape index (κ2) is 5.11. The van der Waals surface area contributed by atoms with Crippen LogP contribution in [-0.4, -0.2) is 58.0 Å². The van der Waals surface area contributed by atoms with Gasteiger partial charge in [-0.3, -0.25) is 4.79 Å². The maximum atomic E-state index is 12.4. The van der Waals surface area contributed by atoms with Gasteiger partial charge in [0.2, 0.25) is 11.8 Å². The summed E-state index contributed by atoms with van der Waals surface area (Å²) in [6, 6.07) is -1.91. The second-order valence-electron chi connectivity index (χ2n) is 4.25. The van der Waals surface area contributed by atoms with E-state index in [2.05, 4.69) is 0 Å². The molecular weight excluding hydrogens is 300 g/mol. The van der Waals surface area contributed by atoms with Crippen molar-refractivity contribution < 1.29 is 46.1 Å². The molecule has 1 heterocycles. The molecule has 0 radical (unpaired) electrons. The number of aliphatic hydroxyl groups excluding tert-OH is 1. The lowest BCUT2D eigenvalue weighted by Gasteiger charge is -2.28. The van der Waals surface area contributed by atoms with Gasteiger partial charge in [0.1, 0.15) is 6.04 Å². The zero-order chi connectivity index (χ0) is 15.9. The highest BCUT2D eigenvalue weighted by Crippen LogP contribution is 2.41. The number of carbonyl (C=O) groups excluding carboxylic acids is 1. The molecule has 2 N–H and O–H groups in total. The number of hydrogen-bond acceptors (Lipinski definition) is 3. The Kier molecular flexibility index (Phi) is 4.22. The molecule has 1 fully saturated rings. The number of β-amino-alcohol motifs (C(OH)–C–C–N with tert-alkyl or cyclic N) is 1. The Morgan fingerprint density at radius 2 is 1.55 bits per heavy atom. The van der Waals surface area contributed by atoms with Crippen LogP contribution in [0.1, 0.15) is 6.42 Å². The summed E-state index contributed by atoms with van der Waals surface area (Å²) in [5, 5.41) is 17.8. The van der Waals surface area contributed by atoms with Crippen LogP contribution in [0.4, 0.5) is 26.3 Å². The minimum atomic E-state index is -5.90. The molecule has 20 heavy (non-hydrogen) atoms. The van der Waals surface area contributed by atoms with Gasteiger partial charge in [0.15, 0.2) is 0 Å². The number of hydrogen-bond donors (Lipinski definition) is 2. The molecule has 0 aromatic rings. The Hall–Kier alpha value is -1.52. The molecule has 0 aromatic heterocycles. The summed E-state index contributed by atoms with van der Waals surface area (Å²) in [7, 11) is 0. The number of alkyl halides is 6. The molecule has 0 bridgehead atoms. The first-order chi connectivity index (χ1) is 8.85. The van der Waals surface area contributed by atoms with Gasteiger partial charge < -0.3 is 15.1 Å². The molecule has 0 saturated carbocycles. The van der Waals surface area contributed by atoms with Crippen molar-refractivity contribution in [2.45, 2.75) is 30.9 Å². The van der Waals surface area contributed by atoms with E-state index in [4.69, 9.17) is 10.2 Å². The predicted octanol–water partition coefficient (Wildman–Crippen LogP) is 0.774. The Morgan fingerprint density at radius 3 is 1.90 bits per heavy atom. The molecule has 1 unspecified atom stereocenters. The third-order valence-electron chi connectivity index (χ3n) is 2.75. The summed E-state index contributed by atoms with van der Waals surface area (Å²) in [6.07, 6.45) is -13.9. The first-order valence-electron chi connectivity index (χ1n) is 5.20. The van der Waals surface area contributed by atoms with Crippen molar-refractivity contribution >= 4 is 11.9 Å². The number of amides is 1. The number of aliphatic carboxylic acids is 1. The van der Waals surface area contributed by atoms with Gasteiger partial charge in [-0.25, -0.2) is 4.79 Å². The van der Waals surface area contributed by atoms with E-state index < -0.39 is 55.3 Å². The molecule has 0 aliphatic carbocycles. The molecular formula is C9H9F6NO4. The van der Waals surface area contributed by atoms with Gasteiger partial charge >= 0.3 is 18.3 Å². The summed E-state index contributed by atoms with van der Waals surface area (Å²) in [4.78, 5) is 22.0. The van der Waals surface area contributed by atoms with E-state index in [0.29, 0.717) is 0 Å². The van der Waals surface area contributed by atoms with Crippen molar-refractivity contribution in [3.63, 3.8) is 0 Å². The van der Waals surface area contributed by atoms with Gasteiger partial charge in [-0.05, 0) is 0 Å². The highest BCUT2D eigenvalue weighted by molar-refractivity contribution is 5.86. The largest absolute Gasteiger partial charge is 0.480 e. The van der Waals surface area contributed by atoms with Gasteiger partial charge in [-0.2, -0.15) is 26.3 Å². The molecule has 0 aromatic carbocycles. The highest BCUT2D eigenvalue weighted by Gasteiger charge is 2.63. The lowest BCUT2D eigenvalue weighted by molar-refractivity contribution is -0.278. The zero-order valence-electron chi connectivity index (χ0n) is 9.57. The van der Waals surface area contributed by atoms with E-state index in [-0.39, 0.29) is 4.90 Å². The standard InChI is InChI=1S/C9H9F6NO4/c10-8(11,12)5(9(13,14)15)6(18)16-2-3(17)1-4(16)7(19)20/h3-5,17H,1-2H2,(H,19,20)/t3?,4-/m0/s1. The van der Waals surface area contributed by atoms with E-state index in [1.54, 1.807) is 0 Å². The van der Waals surface area contributed by atoms with Crippen molar-refractivity contribution in [3.8, 4) is 0 Å². The molecule has 0 spiro atoms. The monoisotopic (exact) mass is 309 g/mol. The quantitative estimate of drug-likeness (QED) is 0.739. The van der Waals surface area contributed by atoms with Crippen molar-refractivity contribution in [2.75, 3.05) is 6.54 Å². The number of rotatable bonds is 2. The van der Waals surface area contributed by atoms with Crippen LogP contribution >= 0.6 is 0 Å². The minimum absolute atomic E-state index is 0.0986. The molecule has 1 aliphatic rings. The van der Waals surface area contributed by atoms with Crippen molar-refractivity contribution in [3.05, 3.63) is 0 Å². The topological polar surface area (TPSA) is 77.8 Å². The number of likely N-dealkylation sites (tertiary alicyclic amines) is 1. The van der Waals surface area contributed by atoms with E-state index in [1.165, 1.54) is 0 Å². The van der Waals surface area contributed by atoms with E-state index in [9.17, 15) is 35.9 Å². The Bertz CT molecular complexity index is 392. The molecule has 2 atom stereocenters. The predicted molar refractivity (Wildman–Crippen MR) is 49.4 cm³/mol. The summed E-state index contributed by atoms with van der Waals surface area (Å²) in [5.41, 5.74) is 0. The summed E-state index contributed by atoms with van der Waals surface area (Å²) >= 11 is 0. The first-order valence-corrected chi connectivity index (χ1v) is 5.20. The number of carboxylic acids is 1. The molecule has 1 amide bonds. The van der Waals surface area contributed by atoms with Gasteiger partial charge in [0.25, 0.3) is 0 Å². The van der Waals surface area contributed by atoms with Crippen LogP contribution in [0.25, 0.3) is 0 Å². The zero-order valence-corrected chi connectivity index (χ0v) is 9.57. The fourth-order valence-electron chi connectivity index (χ4n) is 1.92. The summed E-state index contributed by atoms with van der Waals surface area (Å²) in [6.45, 7) is -0.890. The van der Waals surface area contributed by atoms with E-state index in [1.807, 2.05) is 0 Å². The lowest BCUT2D eigenvalue weighted by Crippen LogP contribution is -2.52. The maximum Gasteiger partial charge on any atom is 0.409 e. The molecule has 116 valence electrons. The maximum absolute atomic E-state index is 12.4. The van der Waals surface area contributed by atoms with Crippen LogP contribution in [0.15, 0.2) is 0 Å². The molecule has 1 aliphatic heterocycles. The average molecular weight is 309 g/mol. The number of nitrogens with zero attached hydrogens (tertiary/aromatic N) is 1. The summed E-state index contributed by atoms with van der Waals surface area (Å²) in [5.74, 6) is -8.51. The van der Waals surface area contributed by atoms with Gasteiger partial charge in [-0.1, -0.05) is 0 Å². The van der Waals surface area contributed by atoms with Crippen LogP contribution < -0.4 is 0 Å². The van der Waals surface area contributed by atoms with Crippen LogP contribution in [-0.2, 0) is 9.59 Å². The SMILES string of the molecule is O=C(O)[C@@H]1CC(O)CN1C(=O)C(C(F)(F)F)C(F)(F)F. The Morgan fingerprint density at radius 1 is 1.10 bits per heavy atom. The number of aliphatic hydroxyl groups is 1. The second-order valence-corrected chi connectivity index (χ2v) is 4.25. The molecule has 1 saturated heterocycles. The third kappa shape index (κ3) is 3.32. The molecule has 5 nitrogen and oxygen atoms in total. The van der Waals surface area contributed by atoms with Gasteiger partial charge in [0, 0.05) is 13.0 Å². The van der Waals surface area contributed by atoms with Crippen molar-refractivity contribution in [2.24, 2.45) is 5.92 Å². The van der Waals surface area contributed by atoms with E-state index in [0.717, 1.165) is 0 Å². The number of carbonyl (C=O) groups is 2. The van der Waals surface area contributed by atoms with Crippen LogP contribution in [0.5, 0.6) is 0 Å². The Labute approximate surface area is 107 Å². The fraction of sp³-hybridized carbons (Fsp3) is 0.778. The molecule has 11 heteroatoms. The number of halogens is 6. The Balaban J connectivity index is 3.10. The van der Waals surface area contributed by atoms with Gasteiger partial charge in [-0.15, -0.1) is 0 Å². The van der Waals surface area contributed by atoms with Crippen LogP contribution in [0.3, 0.4) is 0 Å². The van der Waals surface area contributed by atoms with Crippen LogP contribution in [0.2, 0.25) is 0 Å². The van der Waals surface area contributed by atoms with Gasteiger partial charge in [0.05, 0.1) is 6.10 Å². The highest BCUT2D eigenvalue weighted by atomic mass is 19.4. The fourth-order valence-corrected chi connectivity index (χ4v) is 1.92. The summed E-state index contributed by atoms with van der Waals surface area (Å²) < 4.78 is 74.2. The van der Waals surface area contributed by atoms with Crippen molar-refractivity contribution in [1.82, 2.24) is 4.90 Å². The van der Waals surface area contributed by atoms with Crippen LogP contribution in [0, 0.1) is 5.92 Å². The number of carboxylic acid groups (broad SMARTS) is 1. The van der Waals surface area contributed by atoms with E-state index >= 15 is 0 Å². The first kappa shape index (κ1) is 16.5. The molecule has 1 rings (SSSR count). The smallest absolute Gasteiger partial charge is 0.409 e. The average Bonchev–Trinajstić information content (AvgIpc) is 2.55. The third-order valence-corrected chi connectivity index (χ3v) is 2.75. The normalized spacial score (nSPS) is 24.3. The minimum Gasteiger partial charge on any atom is -0.480 e. The lowest BCUT2D eigenvalue weighted by atomic mass is 10.1. The van der Waals surface area contributed by atoms with Crippen molar-refractivity contribution in [1.29, 1.82) is 0 Å².